The number of aromatic nitrogens is 2. The Balaban J connectivity index is 1.71. The molecule has 0 unspecified atom stereocenters. The fourth-order valence-corrected chi connectivity index (χ4v) is 4.00. The number of alkyl halides is 6. The van der Waals surface area contributed by atoms with Gasteiger partial charge in [0.25, 0.3) is 5.91 Å². The van der Waals surface area contributed by atoms with E-state index in [0.717, 1.165) is 27.7 Å². The van der Waals surface area contributed by atoms with Crippen LogP contribution in [0.25, 0.3) is 5.69 Å². The van der Waals surface area contributed by atoms with Gasteiger partial charge in [-0.15, -0.1) is 0 Å². The highest BCUT2D eigenvalue weighted by Gasteiger charge is 2.41. The third kappa shape index (κ3) is 3.94. The minimum Gasteiger partial charge on any atom is -0.332 e. The van der Waals surface area contributed by atoms with Crippen molar-refractivity contribution < 1.29 is 31.1 Å². The first-order valence-corrected chi connectivity index (χ1v) is 9.74. The van der Waals surface area contributed by atoms with Gasteiger partial charge in [-0.25, -0.2) is 4.98 Å². The van der Waals surface area contributed by atoms with Crippen LogP contribution in [0, 0.1) is 0 Å². The van der Waals surface area contributed by atoms with Gasteiger partial charge in [0.1, 0.15) is 0 Å². The number of carbonyl (C=O) groups is 1. The van der Waals surface area contributed by atoms with E-state index in [1.165, 1.54) is 12.1 Å². The van der Waals surface area contributed by atoms with Gasteiger partial charge in [-0.1, -0.05) is 35.9 Å². The molecule has 0 atom stereocenters. The monoisotopic (exact) mass is 473 g/mol. The predicted octanol–water partition coefficient (Wildman–Crippen LogP) is 5.76. The van der Waals surface area contributed by atoms with Crippen molar-refractivity contribution in [3.63, 3.8) is 0 Å². The Kier molecular flexibility index (Phi) is 5.44. The number of halogens is 7. The number of imidazole rings is 1. The molecule has 3 aromatic rings. The molecule has 0 aliphatic carbocycles. The molecule has 1 amide bonds. The summed E-state index contributed by atoms with van der Waals surface area (Å²) in [5, 5.41) is -0.749. The number of hydrogen-bond donors (Lipinski definition) is 0. The quantitative estimate of drug-likeness (QED) is 0.444. The second-order valence-corrected chi connectivity index (χ2v) is 7.52. The second kappa shape index (κ2) is 7.84. The standard InChI is InChI=1S/C21H14ClF6N3O/c22-17-13(7-4-8-14(17)20(23,24)25)18(32)30-10-9-16-15(11-30)29-19(21(26,27)28)31(16)12-5-2-1-3-6-12/h1-8H,9-11H2. The van der Waals surface area contributed by atoms with Crippen LogP contribution in [0.1, 0.15) is 33.1 Å². The van der Waals surface area contributed by atoms with Gasteiger partial charge >= 0.3 is 12.4 Å². The minimum absolute atomic E-state index is 0.00572. The molecule has 168 valence electrons. The van der Waals surface area contributed by atoms with Gasteiger partial charge in [-0.05, 0) is 24.3 Å². The molecule has 1 aliphatic rings. The van der Waals surface area contributed by atoms with Crippen molar-refractivity contribution >= 4 is 17.5 Å². The van der Waals surface area contributed by atoms with E-state index < -0.39 is 34.7 Å². The van der Waals surface area contributed by atoms with Crippen molar-refractivity contribution in [1.82, 2.24) is 14.5 Å². The summed E-state index contributed by atoms with van der Waals surface area (Å²) in [5.41, 5.74) is -0.931. The number of amides is 1. The zero-order chi connectivity index (χ0) is 23.3. The molecule has 4 nitrogen and oxygen atoms in total. The topological polar surface area (TPSA) is 38.1 Å². The maximum absolute atomic E-state index is 13.7. The number of nitrogens with zero attached hydrogens (tertiary/aromatic N) is 3. The van der Waals surface area contributed by atoms with Crippen LogP contribution < -0.4 is 0 Å². The largest absolute Gasteiger partial charge is 0.450 e. The third-order valence-corrected chi connectivity index (χ3v) is 5.51. The maximum atomic E-state index is 13.7. The predicted molar refractivity (Wildman–Crippen MR) is 103 cm³/mol. The van der Waals surface area contributed by atoms with Crippen LogP contribution in [0.5, 0.6) is 0 Å². The SMILES string of the molecule is O=C(c1cccc(C(F)(F)F)c1Cl)N1CCc2c(nc(C(F)(F)F)n2-c2ccccc2)C1. The molecule has 11 heteroatoms. The van der Waals surface area contributed by atoms with Gasteiger partial charge < -0.3 is 4.90 Å². The van der Waals surface area contributed by atoms with Gasteiger partial charge in [-0.2, -0.15) is 26.3 Å². The fourth-order valence-electron chi connectivity index (χ4n) is 3.69. The van der Waals surface area contributed by atoms with Gasteiger partial charge in [0.05, 0.1) is 28.4 Å². The molecular weight excluding hydrogens is 460 g/mol. The second-order valence-electron chi connectivity index (χ2n) is 7.14. The molecule has 0 bridgehead atoms. The lowest BCUT2D eigenvalue weighted by Crippen LogP contribution is -2.36. The van der Waals surface area contributed by atoms with Crippen molar-refractivity contribution in [2.24, 2.45) is 0 Å². The highest BCUT2D eigenvalue weighted by molar-refractivity contribution is 6.34. The molecule has 2 heterocycles. The smallest absolute Gasteiger partial charge is 0.332 e. The van der Waals surface area contributed by atoms with Crippen LogP contribution >= 0.6 is 11.6 Å². The van der Waals surface area contributed by atoms with Crippen molar-refractivity contribution in [2.75, 3.05) is 6.54 Å². The molecule has 0 fully saturated rings. The molecule has 1 aliphatic heterocycles. The van der Waals surface area contributed by atoms with Crippen molar-refractivity contribution in [3.8, 4) is 5.69 Å². The van der Waals surface area contributed by atoms with E-state index in [1.54, 1.807) is 18.2 Å². The van der Waals surface area contributed by atoms with Crippen LogP contribution in [0.2, 0.25) is 5.02 Å². The van der Waals surface area contributed by atoms with Gasteiger partial charge in [-0.3, -0.25) is 9.36 Å². The number of benzene rings is 2. The Bertz CT molecular complexity index is 1170. The maximum Gasteiger partial charge on any atom is 0.450 e. The summed E-state index contributed by atoms with van der Waals surface area (Å²) in [6.45, 7) is -0.294. The van der Waals surface area contributed by atoms with E-state index in [1.807, 2.05) is 0 Å². The molecule has 1 aromatic heterocycles. The molecule has 32 heavy (non-hydrogen) atoms. The minimum atomic E-state index is -4.75. The fraction of sp³-hybridized carbons (Fsp3) is 0.238. The van der Waals surface area contributed by atoms with Crippen molar-refractivity contribution in [3.05, 3.63) is 81.9 Å². The highest BCUT2D eigenvalue weighted by atomic mass is 35.5. The molecule has 2 aromatic carbocycles. The Hall–Kier alpha value is -3.01. The summed E-state index contributed by atoms with van der Waals surface area (Å²) in [6.07, 6.45) is -9.46. The first kappa shape index (κ1) is 22.2. The van der Waals surface area contributed by atoms with Crippen LogP contribution in [0.3, 0.4) is 0 Å². The number of carbonyl (C=O) groups excluding carboxylic acids is 1. The van der Waals surface area contributed by atoms with E-state index in [4.69, 9.17) is 11.6 Å². The van der Waals surface area contributed by atoms with Crippen LogP contribution in [0.4, 0.5) is 26.3 Å². The average molecular weight is 474 g/mol. The summed E-state index contributed by atoms with van der Waals surface area (Å²) >= 11 is 5.84. The first-order valence-electron chi connectivity index (χ1n) is 9.36. The van der Waals surface area contributed by atoms with Crippen LogP contribution in [0.15, 0.2) is 48.5 Å². The summed E-state index contributed by atoms with van der Waals surface area (Å²) in [4.78, 5) is 17.8. The molecule has 0 N–H and O–H groups in total. The molecule has 4 rings (SSSR count). The van der Waals surface area contributed by atoms with Gasteiger partial charge in [0.15, 0.2) is 0 Å². The molecule has 0 saturated heterocycles. The Morgan fingerprint density at radius 2 is 1.62 bits per heavy atom. The lowest BCUT2D eigenvalue weighted by atomic mass is 10.1. The average Bonchev–Trinajstić information content (AvgIpc) is 3.12. The highest BCUT2D eigenvalue weighted by Crippen LogP contribution is 2.38. The first-order chi connectivity index (χ1) is 15.0. The van der Waals surface area contributed by atoms with Gasteiger partial charge in [0, 0.05) is 24.3 Å². The summed E-state index contributed by atoms with van der Waals surface area (Å²) in [6, 6.07) is 10.8. The zero-order valence-electron chi connectivity index (χ0n) is 16.1. The summed E-state index contributed by atoms with van der Waals surface area (Å²) < 4.78 is 81.4. The molecule has 0 radical (unpaired) electrons. The lowest BCUT2D eigenvalue weighted by Gasteiger charge is -2.28. The zero-order valence-corrected chi connectivity index (χ0v) is 16.9. The summed E-state index contributed by atoms with van der Waals surface area (Å²) in [7, 11) is 0. The van der Waals surface area contributed by atoms with Crippen molar-refractivity contribution in [1.29, 1.82) is 0 Å². The number of fused-ring (bicyclic) bond motifs is 1. The third-order valence-electron chi connectivity index (χ3n) is 5.10. The van der Waals surface area contributed by atoms with E-state index in [-0.39, 0.29) is 36.5 Å². The Labute approximate surface area is 183 Å². The lowest BCUT2D eigenvalue weighted by molar-refractivity contribution is -0.146. The molecule has 0 saturated carbocycles. The number of hydrogen-bond acceptors (Lipinski definition) is 2. The summed E-state index contributed by atoms with van der Waals surface area (Å²) in [5.74, 6) is -1.94. The Morgan fingerprint density at radius 3 is 2.25 bits per heavy atom. The Morgan fingerprint density at radius 1 is 0.938 bits per heavy atom. The number of rotatable bonds is 2. The van der Waals surface area contributed by atoms with E-state index in [0.29, 0.717) is 5.69 Å². The van der Waals surface area contributed by atoms with Crippen LogP contribution in [-0.2, 0) is 25.3 Å². The van der Waals surface area contributed by atoms with E-state index in [9.17, 15) is 31.1 Å². The van der Waals surface area contributed by atoms with Crippen LogP contribution in [-0.4, -0.2) is 26.9 Å². The number of para-hydroxylation sites is 1. The van der Waals surface area contributed by atoms with E-state index >= 15 is 0 Å². The molecule has 0 spiro atoms. The normalized spacial score (nSPS) is 14.4. The van der Waals surface area contributed by atoms with E-state index in [2.05, 4.69) is 4.98 Å². The van der Waals surface area contributed by atoms with Gasteiger partial charge in [0.2, 0.25) is 5.82 Å². The van der Waals surface area contributed by atoms with Crippen molar-refractivity contribution in [2.45, 2.75) is 25.3 Å². The molecular formula is C21H14ClF6N3O.